The topological polar surface area (TPSA) is 74.7 Å². The Morgan fingerprint density at radius 2 is 1.77 bits per heavy atom. The number of fused-ring (bicyclic) bond motifs is 1. The first-order valence-electron chi connectivity index (χ1n) is 9.72. The molecule has 6 heteroatoms. The van der Waals surface area contributed by atoms with E-state index in [1.807, 2.05) is 32.0 Å². The van der Waals surface area contributed by atoms with Crippen molar-refractivity contribution < 1.29 is 23.8 Å². The third-order valence-electron chi connectivity index (χ3n) is 4.82. The van der Waals surface area contributed by atoms with Gasteiger partial charge in [0.15, 0.2) is 5.60 Å². The second-order valence-corrected chi connectivity index (χ2v) is 7.37. The lowest BCUT2D eigenvalue weighted by Gasteiger charge is -2.22. The summed E-state index contributed by atoms with van der Waals surface area (Å²) in [4.78, 5) is 29.4. The van der Waals surface area contributed by atoms with E-state index < -0.39 is 17.5 Å². The minimum atomic E-state index is -1.04. The first-order chi connectivity index (χ1) is 14.3. The number of hydrogen-bond acceptors (Lipinski definition) is 6. The van der Waals surface area contributed by atoms with Crippen molar-refractivity contribution >= 4 is 22.8 Å². The Kier molecular flexibility index (Phi) is 6.17. The molecule has 0 atom stereocenters. The van der Waals surface area contributed by atoms with Crippen LogP contribution in [0.5, 0.6) is 5.75 Å². The maximum absolute atomic E-state index is 12.4. The van der Waals surface area contributed by atoms with Crippen molar-refractivity contribution in [1.29, 1.82) is 0 Å². The highest BCUT2D eigenvalue weighted by Gasteiger charge is 2.30. The molecule has 0 aliphatic rings. The number of ether oxygens (including phenoxy) is 3. The van der Waals surface area contributed by atoms with Crippen LogP contribution in [-0.4, -0.2) is 36.2 Å². The minimum absolute atomic E-state index is 0.376. The third kappa shape index (κ3) is 4.33. The fourth-order valence-electron chi connectivity index (χ4n) is 3.16. The summed E-state index contributed by atoms with van der Waals surface area (Å²) in [5.41, 5.74) is 2.36. The molecule has 1 aromatic heterocycles. The lowest BCUT2D eigenvalue weighted by molar-refractivity contribution is -0.157. The molecule has 0 aliphatic carbocycles. The number of aryl methyl sites for hydroxylation is 1. The Morgan fingerprint density at radius 3 is 2.40 bits per heavy atom. The van der Waals surface area contributed by atoms with Crippen LogP contribution in [0.25, 0.3) is 22.2 Å². The number of rotatable bonds is 6. The molecule has 0 bridgehead atoms. The fourth-order valence-corrected chi connectivity index (χ4v) is 3.16. The van der Waals surface area contributed by atoms with Crippen LogP contribution in [0.1, 0.15) is 36.7 Å². The maximum Gasteiger partial charge on any atom is 0.343 e. The second-order valence-electron chi connectivity index (χ2n) is 7.37. The van der Waals surface area contributed by atoms with Crippen molar-refractivity contribution in [3.8, 4) is 17.0 Å². The van der Waals surface area contributed by atoms with Gasteiger partial charge in [0.05, 0.1) is 23.9 Å². The van der Waals surface area contributed by atoms with Crippen LogP contribution in [-0.2, 0) is 14.3 Å². The molecule has 0 radical (unpaired) electrons. The van der Waals surface area contributed by atoms with Gasteiger partial charge in [0.25, 0.3) is 0 Å². The molecule has 0 amide bonds. The van der Waals surface area contributed by atoms with E-state index >= 15 is 0 Å². The van der Waals surface area contributed by atoms with Crippen molar-refractivity contribution in [1.82, 2.24) is 4.98 Å². The fraction of sp³-hybridized carbons (Fsp3) is 0.292. The van der Waals surface area contributed by atoms with Gasteiger partial charge < -0.3 is 14.2 Å². The number of esters is 2. The molecular formula is C24H25NO5. The number of carbonyl (C=O) groups excluding carboxylic acids is 2. The summed E-state index contributed by atoms with van der Waals surface area (Å²) in [6.45, 7) is 7.52. The lowest BCUT2D eigenvalue weighted by Crippen LogP contribution is -2.38. The number of carbonyl (C=O) groups is 2. The van der Waals surface area contributed by atoms with Crippen LogP contribution >= 0.6 is 0 Å². The first-order valence-corrected chi connectivity index (χ1v) is 9.72. The number of hydrogen-bond donors (Lipinski definition) is 0. The molecule has 0 fully saturated rings. The highest BCUT2D eigenvalue weighted by atomic mass is 16.6. The van der Waals surface area contributed by atoms with Gasteiger partial charge in [0.1, 0.15) is 5.75 Å². The van der Waals surface area contributed by atoms with Crippen molar-refractivity contribution in [2.75, 3.05) is 13.7 Å². The summed E-state index contributed by atoms with van der Waals surface area (Å²) in [5, 5.41) is 0.894. The van der Waals surface area contributed by atoms with E-state index in [1.165, 1.54) is 7.11 Å². The molecule has 0 spiro atoms. The van der Waals surface area contributed by atoms with Crippen LogP contribution in [0, 0.1) is 6.92 Å². The summed E-state index contributed by atoms with van der Waals surface area (Å²) < 4.78 is 15.8. The second kappa shape index (κ2) is 8.63. The summed E-state index contributed by atoms with van der Waals surface area (Å²) in [6.07, 6.45) is 0. The molecule has 0 N–H and O–H groups in total. The van der Waals surface area contributed by atoms with E-state index in [2.05, 4.69) is 0 Å². The highest BCUT2D eigenvalue weighted by molar-refractivity contribution is 6.01. The monoisotopic (exact) mass is 407 g/mol. The quantitative estimate of drug-likeness (QED) is 0.435. The normalized spacial score (nSPS) is 11.4. The molecule has 2 aromatic carbocycles. The highest BCUT2D eigenvalue weighted by Crippen LogP contribution is 2.29. The number of pyridine rings is 1. The lowest BCUT2D eigenvalue weighted by atomic mass is 10.0. The zero-order valence-corrected chi connectivity index (χ0v) is 17.8. The molecule has 6 nitrogen and oxygen atoms in total. The van der Waals surface area contributed by atoms with Crippen LogP contribution in [0.3, 0.4) is 0 Å². The standard InChI is InChI=1S/C24H25NO5/c1-6-29-24(3,4)23(27)30-17-12-10-16(11-13-17)21-19(22(26)28-5)14-18-15(2)8-7-9-20(18)25-21/h7-14H,6H2,1-5H3. The van der Waals surface area contributed by atoms with Crippen molar-refractivity contribution in [3.63, 3.8) is 0 Å². The van der Waals surface area contributed by atoms with E-state index in [9.17, 15) is 9.59 Å². The van der Waals surface area contributed by atoms with Gasteiger partial charge in [0, 0.05) is 17.6 Å². The molecule has 3 aromatic rings. The Balaban J connectivity index is 1.97. The summed E-state index contributed by atoms with van der Waals surface area (Å²) in [7, 11) is 1.34. The number of aromatic nitrogens is 1. The minimum Gasteiger partial charge on any atom is -0.465 e. The van der Waals surface area contributed by atoms with Gasteiger partial charge in [-0.3, -0.25) is 0 Å². The van der Waals surface area contributed by atoms with Gasteiger partial charge in [-0.2, -0.15) is 0 Å². The van der Waals surface area contributed by atoms with Gasteiger partial charge in [-0.15, -0.1) is 0 Å². The smallest absolute Gasteiger partial charge is 0.343 e. The van der Waals surface area contributed by atoms with Gasteiger partial charge in [-0.1, -0.05) is 12.1 Å². The van der Waals surface area contributed by atoms with E-state index in [-0.39, 0.29) is 0 Å². The zero-order valence-electron chi connectivity index (χ0n) is 17.8. The molecule has 0 saturated carbocycles. The maximum atomic E-state index is 12.4. The van der Waals surface area contributed by atoms with Crippen LogP contribution < -0.4 is 4.74 Å². The van der Waals surface area contributed by atoms with Crippen LogP contribution in [0.15, 0.2) is 48.5 Å². The third-order valence-corrected chi connectivity index (χ3v) is 4.82. The van der Waals surface area contributed by atoms with E-state index in [0.717, 1.165) is 16.5 Å². The Hall–Kier alpha value is -3.25. The van der Waals surface area contributed by atoms with Crippen LogP contribution in [0.2, 0.25) is 0 Å². The van der Waals surface area contributed by atoms with E-state index in [4.69, 9.17) is 19.2 Å². The van der Waals surface area contributed by atoms with Gasteiger partial charge in [-0.05, 0) is 69.7 Å². The summed E-state index contributed by atoms with van der Waals surface area (Å²) >= 11 is 0. The van der Waals surface area contributed by atoms with E-state index in [0.29, 0.717) is 29.2 Å². The molecule has 1 heterocycles. The Morgan fingerprint density at radius 1 is 1.07 bits per heavy atom. The molecule has 0 aliphatic heterocycles. The number of methoxy groups -OCH3 is 1. The van der Waals surface area contributed by atoms with Gasteiger partial charge in [0.2, 0.25) is 0 Å². The number of benzene rings is 2. The SMILES string of the molecule is CCOC(C)(C)C(=O)Oc1ccc(-c2nc3cccc(C)c3cc2C(=O)OC)cc1. The molecule has 3 rings (SSSR count). The molecule has 0 saturated heterocycles. The molecule has 156 valence electrons. The molecule has 30 heavy (non-hydrogen) atoms. The van der Waals surface area contributed by atoms with Gasteiger partial charge >= 0.3 is 11.9 Å². The van der Waals surface area contributed by atoms with Gasteiger partial charge in [-0.25, -0.2) is 14.6 Å². The predicted molar refractivity (Wildman–Crippen MR) is 115 cm³/mol. The van der Waals surface area contributed by atoms with Crippen LogP contribution in [0.4, 0.5) is 0 Å². The first kappa shape index (κ1) is 21.5. The Bertz CT molecular complexity index is 1090. The molecule has 0 unspecified atom stereocenters. The number of nitrogens with zero attached hydrogens (tertiary/aromatic N) is 1. The van der Waals surface area contributed by atoms with Crippen molar-refractivity contribution in [2.45, 2.75) is 33.3 Å². The zero-order chi connectivity index (χ0) is 21.9. The Labute approximate surface area is 175 Å². The molecular weight excluding hydrogens is 382 g/mol. The predicted octanol–water partition coefficient (Wildman–Crippen LogP) is 4.72. The summed E-state index contributed by atoms with van der Waals surface area (Å²) in [5.74, 6) is -0.559. The van der Waals surface area contributed by atoms with Crippen molar-refractivity contribution in [2.24, 2.45) is 0 Å². The largest absolute Gasteiger partial charge is 0.465 e. The average Bonchev–Trinajstić information content (AvgIpc) is 2.73. The average molecular weight is 407 g/mol. The van der Waals surface area contributed by atoms with Crippen molar-refractivity contribution in [3.05, 3.63) is 59.7 Å². The summed E-state index contributed by atoms with van der Waals surface area (Å²) in [6, 6.07) is 14.4. The van der Waals surface area contributed by atoms with E-state index in [1.54, 1.807) is 44.2 Å².